The van der Waals surface area contributed by atoms with Crippen molar-refractivity contribution in [1.82, 2.24) is 0 Å². The molecule has 0 amide bonds. The molecule has 19 heavy (non-hydrogen) atoms. The van der Waals surface area contributed by atoms with Crippen LogP contribution in [-0.2, 0) is 6.54 Å². The van der Waals surface area contributed by atoms with Gasteiger partial charge in [-0.15, -0.1) is 0 Å². The lowest BCUT2D eigenvalue weighted by Gasteiger charge is -2.35. The van der Waals surface area contributed by atoms with Gasteiger partial charge >= 0.3 is 0 Å². The van der Waals surface area contributed by atoms with E-state index >= 15 is 0 Å². The van der Waals surface area contributed by atoms with Gasteiger partial charge in [-0.05, 0) is 42.5 Å². The molecule has 0 fully saturated rings. The van der Waals surface area contributed by atoms with Crippen molar-refractivity contribution >= 4 is 5.69 Å². The first-order valence-corrected chi connectivity index (χ1v) is 7.28. The van der Waals surface area contributed by atoms with Crippen LogP contribution in [0.15, 0.2) is 18.2 Å². The van der Waals surface area contributed by atoms with Crippen LogP contribution in [0.25, 0.3) is 0 Å². The average Bonchev–Trinajstić information content (AvgIpc) is 2.38. The van der Waals surface area contributed by atoms with Crippen molar-refractivity contribution in [2.45, 2.75) is 53.1 Å². The van der Waals surface area contributed by atoms with Crippen LogP contribution in [0.2, 0.25) is 0 Å². The Morgan fingerprint density at radius 2 is 1.84 bits per heavy atom. The molecule has 1 aromatic carbocycles. The van der Waals surface area contributed by atoms with Crippen molar-refractivity contribution in [3.63, 3.8) is 0 Å². The fourth-order valence-corrected chi connectivity index (χ4v) is 2.56. The van der Waals surface area contributed by atoms with Gasteiger partial charge < -0.3 is 10.6 Å². The van der Waals surface area contributed by atoms with E-state index in [4.69, 9.17) is 5.73 Å². The molecule has 0 bridgehead atoms. The minimum absolute atomic E-state index is 0.210. The molecule has 0 aliphatic carbocycles. The van der Waals surface area contributed by atoms with E-state index in [2.05, 4.69) is 32.6 Å². The Morgan fingerprint density at radius 3 is 2.32 bits per heavy atom. The first-order valence-electron chi connectivity index (χ1n) is 7.28. The highest BCUT2D eigenvalue weighted by atomic mass is 19.1. The van der Waals surface area contributed by atoms with E-state index in [0.717, 1.165) is 30.6 Å². The summed E-state index contributed by atoms with van der Waals surface area (Å²) in [5, 5.41) is 0. The van der Waals surface area contributed by atoms with E-state index in [0.29, 0.717) is 18.5 Å². The fraction of sp³-hybridized carbons (Fsp3) is 0.625. The molecular weight excluding hydrogens is 239 g/mol. The smallest absolute Gasteiger partial charge is 0.123 e. The van der Waals surface area contributed by atoms with Crippen LogP contribution in [0, 0.1) is 11.7 Å². The number of benzene rings is 1. The van der Waals surface area contributed by atoms with Crippen LogP contribution in [0.5, 0.6) is 0 Å². The second-order valence-corrected chi connectivity index (χ2v) is 5.49. The van der Waals surface area contributed by atoms with Gasteiger partial charge in [-0.2, -0.15) is 0 Å². The second-order valence-electron chi connectivity index (χ2n) is 5.49. The maximum absolute atomic E-state index is 13.4. The summed E-state index contributed by atoms with van der Waals surface area (Å²) in [6, 6.07) is 5.45. The van der Waals surface area contributed by atoms with Crippen LogP contribution in [0.3, 0.4) is 0 Å². The number of nitrogens with zero attached hydrogens (tertiary/aromatic N) is 1. The zero-order valence-electron chi connectivity index (χ0n) is 12.6. The van der Waals surface area contributed by atoms with Gasteiger partial charge in [0.1, 0.15) is 5.82 Å². The summed E-state index contributed by atoms with van der Waals surface area (Å²) >= 11 is 0. The van der Waals surface area contributed by atoms with Crippen molar-refractivity contribution in [2.24, 2.45) is 11.7 Å². The Bertz CT molecular complexity index is 386. The Labute approximate surface area is 116 Å². The Hall–Kier alpha value is -1.09. The first kappa shape index (κ1) is 16.0. The third kappa shape index (κ3) is 4.20. The van der Waals surface area contributed by atoms with Gasteiger partial charge in [0.15, 0.2) is 0 Å². The Balaban J connectivity index is 3.15. The highest BCUT2D eigenvalue weighted by Gasteiger charge is 2.19. The largest absolute Gasteiger partial charge is 0.368 e. The zero-order chi connectivity index (χ0) is 14.4. The highest BCUT2D eigenvalue weighted by molar-refractivity contribution is 5.54. The number of rotatable bonds is 7. The summed E-state index contributed by atoms with van der Waals surface area (Å²) < 4.78 is 13.4. The highest BCUT2D eigenvalue weighted by Crippen LogP contribution is 2.26. The lowest BCUT2D eigenvalue weighted by Crippen LogP contribution is -2.38. The molecule has 0 saturated heterocycles. The van der Waals surface area contributed by atoms with Crippen LogP contribution in [0.4, 0.5) is 10.1 Å². The minimum atomic E-state index is -0.210. The maximum Gasteiger partial charge on any atom is 0.123 e. The molecule has 3 heteroatoms. The molecule has 1 rings (SSSR count). The molecule has 2 N–H and O–H groups in total. The number of hydrogen-bond donors (Lipinski definition) is 1. The van der Waals surface area contributed by atoms with Crippen molar-refractivity contribution in [3.05, 3.63) is 29.6 Å². The number of anilines is 1. The van der Waals surface area contributed by atoms with Crippen LogP contribution < -0.4 is 10.6 Å². The second kappa shape index (κ2) is 7.49. The molecule has 0 aliphatic rings. The molecule has 1 aromatic rings. The van der Waals surface area contributed by atoms with Crippen LogP contribution >= 0.6 is 0 Å². The van der Waals surface area contributed by atoms with Gasteiger partial charge in [0, 0.05) is 24.8 Å². The fourth-order valence-electron chi connectivity index (χ4n) is 2.56. The summed E-state index contributed by atoms with van der Waals surface area (Å²) in [5.74, 6) is 0.356. The van der Waals surface area contributed by atoms with E-state index in [9.17, 15) is 4.39 Å². The summed E-state index contributed by atoms with van der Waals surface area (Å²) in [6.07, 6.45) is 2.18. The Morgan fingerprint density at radius 1 is 1.21 bits per heavy atom. The molecule has 0 aliphatic heterocycles. The van der Waals surface area contributed by atoms with Crippen molar-refractivity contribution in [2.75, 3.05) is 11.4 Å². The average molecular weight is 266 g/mol. The van der Waals surface area contributed by atoms with Crippen LogP contribution in [-0.4, -0.2) is 12.6 Å². The molecule has 0 spiro atoms. The van der Waals surface area contributed by atoms with Gasteiger partial charge in [-0.25, -0.2) is 4.39 Å². The minimum Gasteiger partial charge on any atom is -0.368 e. The molecule has 0 saturated carbocycles. The van der Waals surface area contributed by atoms with Gasteiger partial charge in [-0.1, -0.05) is 27.7 Å². The zero-order valence-corrected chi connectivity index (χ0v) is 12.6. The van der Waals surface area contributed by atoms with Gasteiger partial charge in [0.25, 0.3) is 0 Å². The van der Waals surface area contributed by atoms with Crippen molar-refractivity contribution in [3.8, 4) is 0 Å². The lowest BCUT2D eigenvalue weighted by molar-refractivity contribution is 0.505. The maximum atomic E-state index is 13.4. The molecular formula is C16H27FN2. The molecule has 108 valence electrons. The number of hydrogen-bond acceptors (Lipinski definition) is 2. The number of halogens is 1. The molecule has 0 radical (unpaired) electrons. The summed E-state index contributed by atoms with van der Waals surface area (Å²) in [4.78, 5) is 2.40. The topological polar surface area (TPSA) is 29.3 Å². The number of nitrogens with two attached hydrogens (primary N) is 1. The monoisotopic (exact) mass is 266 g/mol. The van der Waals surface area contributed by atoms with Crippen molar-refractivity contribution in [1.29, 1.82) is 0 Å². The normalized spacial score (nSPS) is 11.4. The summed E-state index contributed by atoms with van der Waals surface area (Å²) in [7, 11) is 0. The van der Waals surface area contributed by atoms with E-state index in [1.165, 1.54) is 6.07 Å². The molecule has 0 aromatic heterocycles. The van der Waals surface area contributed by atoms with E-state index in [1.807, 2.05) is 6.07 Å². The van der Waals surface area contributed by atoms with Crippen molar-refractivity contribution < 1.29 is 4.39 Å². The lowest BCUT2D eigenvalue weighted by atomic mass is 10.0. The predicted octanol–water partition coefficient (Wildman–Crippen LogP) is 3.94. The SMILES string of the molecule is CCC(CC)N(CC(C)C)c1ccc(F)cc1CN. The predicted molar refractivity (Wildman–Crippen MR) is 80.8 cm³/mol. The quantitative estimate of drug-likeness (QED) is 0.810. The molecule has 0 heterocycles. The van der Waals surface area contributed by atoms with Gasteiger partial charge in [0.2, 0.25) is 0 Å². The van der Waals surface area contributed by atoms with E-state index < -0.39 is 0 Å². The van der Waals surface area contributed by atoms with E-state index in [-0.39, 0.29) is 5.82 Å². The third-order valence-corrected chi connectivity index (χ3v) is 3.52. The molecule has 2 nitrogen and oxygen atoms in total. The molecule has 0 atom stereocenters. The Kier molecular flexibility index (Phi) is 6.29. The van der Waals surface area contributed by atoms with Gasteiger partial charge in [-0.3, -0.25) is 0 Å². The van der Waals surface area contributed by atoms with Crippen LogP contribution in [0.1, 0.15) is 46.1 Å². The molecule has 0 unspecified atom stereocenters. The third-order valence-electron chi connectivity index (χ3n) is 3.52. The van der Waals surface area contributed by atoms with E-state index in [1.54, 1.807) is 6.07 Å². The standard InChI is InChI=1S/C16H27FN2/c1-5-15(6-2)19(11-12(3)4)16-8-7-14(17)9-13(16)10-18/h7-9,12,15H,5-6,10-11,18H2,1-4H3. The summed E-state index contributed by atoms with van der Waals surface area (Å²) in [5.41, 5.74) is 7.76. The van der Waals surface area contributed by atoms with Gasteiger partial charge in [0.05, 0.1) is 0 Å². The summed E-state index contributed by atoms with van der Waals surface area (Å²) in [6.45, 7) is 10.2. The first-order chi connectivity index (χ1) is 9.03.